The standard InChI is InChI=1S/C16H28N4/c1-5-7-13-19-14(17-6-2)10-15(20-13)18-12-8-9-16(3,4)11-12/h10,12H,5-9,11H2,1-4H3,(H2,17,18,19,20). The second-order valence-electron chi connectivity index (χ2n) is 6.58. The number of nitrogens with one attached hydrogen (secondary N) is 2. The van der Waals surface area contributed by atoms with E-state index in [9.17, 15) is 0 Å². The van der Waals surface area contributed by atoms with Crippen molar-refractivity contribution in [2.75, 3.05) is 17.2 Å². The van der Waals surface area contributed by atoms with Crippen LogP contribution in [-0.2, 0) is 6.42 Å². The van der Waals surface area contributed by atoms with Crippen LogP contribution in [0.4, 0.5) is 11.6 Å². The van der Waals surface area contributed by atoms with Crippen molar-refractivity contribution in [3.63, 3.8) is 0 Å². The zero-order valence-corrected chi connectivity index (χ0v) is 13.3. The van der Waals surface area contributed by atoms with Gasteiger partial charge in [-0.1, -0.05) is 20.8 Å². The van der Waals surface area contributed by atoms with Crippen LogP contribution < -0.4 is 10.6 Å². The van der Waals surface area contributed by atoms with Crippen molar-refractivity contribution in [3.05, 3.63) is 11.9 Å². The Kier molecular flexibility index (Phi) is 4.84. The number of rotatable bonds is 6. The van der Waals surface area contributed by atoms with Crippen LogP contribution in [-0.4, -0.2) is 22.6 Å². The summed E-state index contributed by atoms with van der Waals surface area (Å²) in [6.45, 7) is 9.84. The highest BCUT2D eigenvalue weighted by Gasteiger charge is 2.30. The zero-order chi connectivity index (χ0) is 14.6. The molecule has 1 aliphatic carbocycles. The molecule has 0 radical (unpaired) electrons. The molecular formula is C16H28N4. The molecule has 0 aromatic carbocycles. The second kappa shape index (κ2) is 6.42. The summed E-state index contributed by atoms with van der Waals surface area (Å²) in [5.41, 5.74) is 0.460. The summed E-state index contributed by atoms with van der Waals surface area (Å²) >= 11 is 0. The molecule has 1 unspecified atom stereocenters. The van der Waals surface area contributed by atoms with Crippen molar-refractivity contribution in [1.29, 1.82) is 0 Å². The van der Waals surface area contributed by atoms with Gasteiger partial charge in [0.1, 0.15) is 17.5 Å². The van der Waals surface area contributed by atoms with Gasteiger partial charge in [-0.05, 0) is 38.0 Å². The zero-order valence-electron chi connectivity index (χ0n) is 13.3. The molecule has 1 saturated carbocycles. The number of hydrogen-bond acceptors (Lipinski definition) is 4. The molecule has 2 rings (SSSR count). The lowest BCUT2D eigenvalue weighted by Crippen LogP contribution is -2.19. The highest BCUT2D eigenvalue weighted by Crippen LogP contribution is 2.38. The number of hydrogen-bond donors (Lipinski definition) is 2. The summed E-state index contributed by atoms with van der Waals surface area (Å²) in [5.74, 6) is 2.85. The summed E-state index contributed by atoms with van der Waals surface area (Å²) in [4.78, 5) is 9.21. The summed E-state index contributed by atoms with van der Waals surface area (Å²) < 4.78 is 0. The molecule has 112 valence electrons. The van der Waals surface area contributed by atoms with Crippen molar-refractivity contribution in [3.8, 4) is 0 Å². The summed E-state index contributed by atoms with van der Waals surface area (Å²) in [5, 5.41) is 6.90. The number of aryl methyl sites for hydroxylation is 1. The van der Waals surface area contributed by atoms with Crippen molar-refractivity contribution in [2.24, 2.45) is 5.41 Å². The van der Waals surface area contributed by atoms with Crippen LogP contribution in [0.1, 0.15) is 59.2 Å². The number of nitrogens with zero attached hydrogens (tertiary/aromatic N) is 2. The summed E-state index contributed by atoms with van der Waals surface area (Å²) in [6.07, 6.45) is 5.75. The van der Waals surface area contributed by atoms with E-state index in [1.54, 1.807) is 0 Å². The Morgan fingerprint density at radius 2 is 2.00 bits per heavy atom. The van der Waals surface area contributed by atoms with E-state index in [0.717, 1.165) is 36.8 Å². The predicted octanol–water partition coefficient (Wildman–Crippen LogP) is 3.85. The molecule has 1 atom stereocenters. The minimum absolute atomic E-state index is 0.460. The minimum Gasteiger partial charge on any atom is -0.370 e. The van der Waals surface area contributed by atoms with E-state index in [4.69, 9.17) is 0 Å². The van der Waals surface area contributed by atoms with Crippen LogP contribution in [0, 0.1) is 5.41 Å². The molecule has 20 heavy (non-hydrogen) atoms. The van der Waals surface area contributed by atoms with Gasteiger partial charge in [-0.3, -0.25) is 0 Å². The monoisotopic (exact) mass is 276 g/mol. The van der Waals surface area contributed by atoms with Gasteiger partial charge in [-0.15, -0.1) is 0 Å². The van der Waals surface area contributed by atoms with Gasteiger partial charge in [0.05, 0.1) is 0 Å². The van der Waals surface area contributed by atoms with Crippen LogP contribution in [0.2, 0.25) is 0 Å². The first-order valence-electron chi connectivity index (χ1n) is 7.91. The third-order valence-electron chi connectivity index (χ3n) is 3.92. The van der Waals surface area contributed by atoms with Gasteiger partial charge < -0.3 is 10.6 Å². The van der Waals surface area contributed by atoms with Crippen LogP contribution in [0.25, 0.3) is 0 Å². The van der Waals surface area contributed by atoms with E-state index in [-0.39, 0.29) is 0 Å². The summed E-state index contributed by atoms with van der Waals surface area (Å²) in [7, 11) is 0. The average molecular weight is 276 g/mol. The molecular weight excluding hydrogens is 248 g/mol. The minimum atomic E-state index is 0.460. The van der Waals surface area contributed by atoms with Gasteiger partial charge in [0.2, 0.25) is 0 Å². The Bertz CT molecular complexity index is 418. The van der Waals surface area contributed by atoms with Gasteiger partial charge in [0.15, 0.2) is 0 Å². The fraction of sp³-hybridized carbons (Fsp3) is 0.750. The first-order valence-corrected chi connectivity index (χ1v) is 7.91. The third-order valence-corrected chi connectivity index (χ3v) is 3.92. The maximum absolute atomic E-state index is 4.65. The molecule has 4 nitrogen and oxygen atoms in total. The van der Waals surface area contributed by atoms with E-state index >= 15 is 0 Å². The third kappa shape index (κ3) is 4.09. The molecule has 1 aromatic heterocycles. The van der Waals surface area contributed by atoms with Crippen molar-refractivity contribution >= 4 is 11.6 Å². The number of anilines is 2. The Morgan fingerprint density at radius 1 is 1.25 bits per heavy atom. The Labute approximate surface area is 122 Å². The normalized spacial score (nSPS) is 20.9. The maximum atomic E-state index is 4.65. The van der Waals surface area contributed by atoms with E-state index in [2.05, 4.69) is 48.3 Å². The molecule has 0 aliphatic heterocycles. The first kappa shape index (κ1) is 15.1. The molecule has 0 saturated heterocycles. The van der Waals surface area contributed by atoms with Gasteiger partial charge in [0.25, 0.3) is 0 Å². The molecule has 0 spiro atoms. The van der Waals surface area contributed by atoms with Crippen molar-refractivity contribution < 1.29 is 0 Å². The Morgan fingerprint density at radius 3 is 2.60 bits per heavy atom. The molecule has 1 fully saturated rings. The second-order valence-corrected chi connectivity index (χ2v) is 6.58. The Balaban J connectivity index is 2.09. The SMILES string of the molecule is CCCc1nc(NCC)cc(NC2CCC(C)(C)C2)n1. The van der Waals surface area contributed by atoms with Gasteiger partial charge in [0, 0.05) is 25.1 Å². The van der Waals surface area contributed by atoms with Crippen LogP contribution in [0.5, 0.6) is 0 Å². The molecule has 0 bridgehead atoms. The first-order chi connectivity index (χ1) is 9.52. The highest BCUT2D eigenvalue weighted by molar-refractivity contribution is 5.48. The Hall–Kier alpha value is -1.32. The van der Waals surface area contributed by atoms with E-state index in [0.29, 0.717) is 11.5 Å². The lowest BCUT2D eigenvalue weighted by atomic mass is 9.92. The number of aromatic nitrogens is 2. The van der Waals surface area contributed by atoms with E-state index in [1.165, 1.54) is 19.3 Å². The molecule has 1 heterocycles. The summed E-state index contributed by atoms with van der Waals surface area (Å²) in [6, 6.07) is 2.58. The molecule has 2 N–H and O–H groups in total. The van der Waals surface area contributed by atoms with Gasteiger partial charge in [-0.2, -0.15) is 0 Å². The molecule has 0 amide bonds. The van der Waals surface area contributed by atoms with Crippen molar-refractivity contribution in [1.82, 2.24) is 9.97 Å². The quantitative estimate of drug-likeness (QED) is 0.828. The van der Waals surface area contributed by atoms with E-state index in [1.807, 2.05) is 6.07 Å². The maximum Gasteiger partial charge on any atom is 0.133 e. The lowest BCUT2D eigenvalue weighted by Gasteiger charge is -2.19. The van der Waals surface area contributed by atoms with E-state index < -0.39 is 0 Å². The fourth-order valence-electron chi connectivity index (χ4n) is 2.95. The fourth-order valence-corrected chi connectivity index (χ4v) is 2.95. The predicted molar refractivity (Wildman–Crippen MR) is 85.2 cm³/mol. The van der Waals surface area contributed by atoms with Gasteiger partial charge >= 0.3 is 0 Å². The van der Waals surface area contributed by atoms with Crippen molar-refractivity contribution in [2.45, 2.75) is 65.8 Å². The smallest absolute Gasteiger partial charge is 0.133 e. The lowest BCUT2D eigenvalue weighted by molar-refractivity contribution is 0.378. The molecule has 1 aliphatic rings. The average Bonchev–Trinajstić information content (AvgIpc) is 2.69. The highest BCUT2D eigenvalue weighted by atomic mass is 15.1. The van der Waals surface area contributed by atoms with Crippen LogP contribution >= 0.6 is 0 Å². The largest absolute Gasteiger partial charge is 0.370 e. The van der Waals surface area contributed by atoms with Crippen LogP contribution in [0.15, 0.2) is 6.07 Å². The van der Waals surface area contributed by atoms with Gasteiger partial charge in [-0.25, -0.2) is 9.97 Å². The molecule has 4 heteroatoms. The topological polar surface area (TPSA) is 49.8 Å². The van der Waals surface area contributed by atoms with Crippen LogP contribution in [0.3, 0.4) is 0 Å². The molecule has 1 aromatic rings.